The van der Waals surface area contributed by atoms with Crippen molar-refractivity contribution in [3.63, 3.8) is 0 Å². The molecular weight excluding hydrogens is 212 g/mol. The van der Waals surface area contributed by atoms with Crippen LogP contribution in [0.3, 0.4) is 0 Å². The summed E-state index contributed by atoms with van der Waals surface area (Å²) in [6, 6.07) is 6.94. The first kappa shape index (κ1) is 10.8. The minimum atomic E-state index is -0.590. The van der Waals surface area contributed by atoms with E-state index < -0.39 is 11.6 Å². The van der Waals surface area contributed by atoms with Gasteiger partial charge in [-0.3, -0.25) is 0 Å². The highest BCUT2D eigenvalue weighted by molar-refractivity contribution is 5.19. The Bertz CT molecular complexity index is 473. The fourth-order valence-electron chi connectivity index (χ4n) is 1.65. The van der Waals surface area contributed by atoms with Crippen molar-refractivity contribution in [1.29, 1.82) is 0 Å². The Balaban J connectivity index is 2.26. The third kappa shape index (κ3) is 2.28. The number of aromatic nitrogens is 1. The standard InChI is InChI=1S/C12H11F2NO/c13-10-4-9(5-11(14)6-10)7-15-3-1-2-12(15)8-16/h1-6,16H,7-8H2. The highest BCUT2D eigenvalue weighted by atomic mass is 19.1. The molecule has 0 fully saturated rings. The van der Waals surface area contributed by atoms with Gasteiger partial charge in [-0.2, -0.15) is 0 Å². The van der Waals surface area contributed by atoms with Gasteiger partial charge in [0.25, 0.3) is 0 Å². The molecule has 1 heterocycles. The van der Waals surface area contributed by atoms with Gasteiger partial charge in [-0.05, 0) is 29.8 Å². The molecule has 0 atom stereocenters. The molecule has 0 radical (unpaired) electrons. The monoisotopic (exact) mass is 223 g/mol. The Morgan fingerprint density at radius 2 is 1.81 bits per heavy atom. The largest absolute Gasteiger partial charge is 0.390 e. The molecule has 0 saturated carbocycles. The van der Waals surface area contributed by atoms with Crippen LogP contribution in [0.15, 0.2) is 36.5 Å². The summed E-state index contributed by atoms with van der Waals surface area (Å²) in [5, 5.41) is 9.03. The van der Waals surface area contributed by atoms with Crippen LogP contribution in [0.2, 0.25) is 0 Å². The summed E-state index contributed by atoms with van der Waals surface area (Å²) in [5.41, 5.74) is 1.24. The topological polar surface area (TPSA) is 25.2 Å². The van der Waals surface area contributed by atoms with Gasteiger partial charge in [-0.1, -0.05) is 0 Å². The number of hydrogen-bond donors (Lipinski definition) is 1. The Morgan fingerprint density at radius 3 is 2.44 bits per heavy atom. The van der Waals surface area contributed by atoms with Gasteiger partial charge in [0.1, 0.15) is 11.6 Å². The molecule has 16 heavy (non-hydrogen) atoms. The molecule has 4 heteroatoms. The van der Waals surface area contributed by atoms with Crippen LogP contribution in [0.4, 0.5) is 8.78 Å². The van der Waals surface area contributed by atoms with Gasteiger partial charge in [0.2, 0.25) is 0 Å². The summed E-state index contributed by atoms with van der Waals surface area (Å²) < 4.78 is 27.6. The van der Waals surface area contributed by atoms with Crippen LogP contribution in [0, 0.1) is 11.6 Å². The quantitative estimate of drug-likeness (QED) is 0.848. The van der Waals surface area contributed by atoms with E-state index in [0.717, 1.165) is 6.07 Å². The molecule has 0 spiro atoms. The number of hydrogen-bond acceptors (Lipinski definition) is 1. The van der Waals surface area contributed by atoms with E-state index in [1.54, 1.807) is 22.9 Å². The van der Waals surface area contributed by atoms with Crippen molar-refractivity contribution in [2.75, 3.05) is 0 Å². The lowest BCUT2D eigenvalue weighted by Gasteiger charge is -2.07. The lowest BCUT2D eigenvalue weighted by Crippen LogP contribution is -2.03. The van der Waals surface area contributed by atoms with E-state index in [9.17, 15) is 8.78 Å². The second kappa shape index (κ2) is 4.45. The van der Waals surface area contributed by atoms with Gasteiger partial charge in [0.05, 0.1) is 6.61 Å². The zero-order chi connectivity index (χ0) is 11.5. The van der Waals surface area contributed by atoms with E-state index in [0.29, 0.717) is 17.8 Å². The maximum Gasteiger partial charge on any atom is 0.126 e. The molecule has 1 aromatic carbocycles. The Morgan fingerprint density at radius 1 is 1.12 bits per heavy atom. The van der Waals surface area contributed by atoms with Crippen molar-refractivity contribution in [2.24, 2.45) is 0 Å². The lowest BCUT2D eigenvalue weighted by molar-refractivity contribution is 0.271. The first-order valence-electron chi connectivity index (χ1n) is 4.89. The average Bonchev–Trinajstić information content (AvgIpc) is 2.63. The Hall–Kier alpha value is -1.68. The van der Waals surface area contributed by atoms with Crippen molar-refractivity contribution in [1.82, 2.24) is 4.57 Å². The summed E-state index contributed by atoms with van der Waals surface area (Å²) in [5.74, 6) is -1.18. The van der Waals surface area contributed by atoms with Crippen LogP contribution in [0.1, 0.15) is 11.3 Å². The maximum absolute atomic E-state index is 12.9. The van der Waals surface area contributed by atoms with Crippen molar-refractivity contribution in [3.8, 4) is 0 Å². The van der Waals surface area contributed by atoms with Gasteiger partial charge in [0, 0.05) is 24.5 Å². The summed E-state index contributed by atoms with van der Waals surface area (Å²) in [6.07, 6.45) is 1.76. The lowest BCUT2D eigenvalue weighted by atomic mass is 10.2. The summed E-state index contributed by atoms with van der Waals surface area (Å²) in [6.45, 7) is 0.252. The van der Waals surface area contributed by atoms with E-state index in [4.69, 9.17) is 5.11 Å². The highest BCUT2D eigenvalue weighted by Gasteiger charge is 2.03. The third-order valence-electron chi connectivity index (χ3n) is 2.36. The number of halogens is 2. The van der Waals surface area contributed by atoms with Crippen LogP contribution in [-0.2, 0) is 13.2 Å². The molecule has 0 aliphatic heterocycles. The molecular formula is C12H11F2NO. The number of aliphatic hydroxyl groups excluding tert-OH is 1. The van der Waals surface area contributed by atoms with Gasteiger partial charge in [-0.15, -0.1) is 0 Å². The molecule has 2 aromatic rings. The zero-order valence-electron chi connectivity index (χ0n) is 8.53. The second-order valence-corrected chi connectivity index (χ2v) is 3.56. The van der Waals surface area contributed by atoms with Gasteiger partial charge in [0.15, 0.2) is 0 Å². The molecule has 0 aliphatic carbocycles. The van der Waals surface area contributed by atoms with E-state index in [-0.39, 0.29) is 6.61 Å². The minimum absolute atomic E-state index is 0.0925. The van der Waals surface area contributed by atoms with E-state index >= 15 is 0 Å². The van der Waals surface area contributed by atoms with Crippen LogP contribution in [0.5, 0.6) is 0 Å². The van der Waals surface area contributed by atoms with E-state index in [2.05, 4.69) is 0 Å². The molecule has 1 aromatic heterocycles. The number of nitrogens with zero attached hydrogens (tertiary/aromatic N) is 1. The first-order valence-corrected chi connectivity index (χ1v) is 4.89. The molecule has 84 valence electrons. The number of rotatable bonds is 3. The normalized spacial score (nSPS) is 10.7. The SMILES string of the molecule is OCc1cccn1Cc1cc(F)cc(F)c1. The molecule has 0 bridgehead atoms. The molecule has 0 amide bonds. The summed E-state index contributed by atoms with van der Waals surface area (Å²) in [4.78, 5) is 0. The van der Waals surface area contributed by atoms with Crippen LogP contribution in [0.25, 0.3) is 0 Å². The van der Waals surface area contributed by atoms with Crippen molar-refractivity contribution < 1.29 is 13.9 Å². The molecule has 2 nitrogen and oxygen atoms in total. The third-order valence-corrected chi connectivity index (χ3v) is 2.36. The van der Waals surface area contributed by atoms with Crippen LogP contribution < -0.4 is 0 Å². The predicted octanol–water partition coefficient (Wildman–Crippen LogP) is 2.31. The van der Waals surface area contributed by atoms with Gasteiger partial charge >= 0.3 is 0 Å². The zero-order valence-corrected chi connectivity index (χ0v) is 8.53. The predicted molar refractivity (Wildman–Crippen MR) is 55.8 cm³/mol. The summed E-state index contributed by atoms with van der Waals surface area (Å²) >= 11 is 0. The van der Waals surface area contributed by atoms with Crippen LogP contribution in [-0.4, -0.2) is 9.67 Å². The Kier molecular flexibility index (Phi) is 3.01. The van der Waals surface area contributed by atoms with Gasteiger partial charge < -0.3 is 9.67 Å². The minimum Gasteiger partial charge on any atom is -0.390 e. The van der Waals surface area contributed by atoms with E-state index in [1.807, 2.05) is 0 Å². The molecule has 0 saturated heterocycles. The molecule has 0 aliphatic rings. The number of benzene rings is 1. The first-order chi connectivity index (χ1) is 7.69. The molecule has 2 rings (SSSR count). The number of aliphatic hydroxyl groups is 1. The van der Waals surface area contributed by atoms with Gasteiger partial charge in [-0.25, -0.2) is 8.78 Å². The smallest absolute Gasteiger partial charge is 0.126 e. The van der Waals surface area contributed by atoms with Crippen molar-refractivity contribution in [3.05, 3.63) is 59.4 Å². The fraction of sp³-hybridized carbons (Fsp3) is 0.167. The summed E-state index contributed by atoms with van der Waals surface area (Å²) in [7, 11) is 0. The van der Waals surface area contributed by atoms with Crippen molar-refractivity contribution >= 4 is 0 Å². The van der Waals surface area contributed by atoms with E-state index in [1.165, 1.54) is 12.1 Å². The van der Waals surface area contributed by atoms with Crippen LogP contribution >= 0.6 is 0 Å². The highest BCUT2D eigenvalue weighted by Crippen LogP contribution is 2.11. The van der Waals surface area contributed by atoms with Crippen molar-refractivity contribution in [2.45, 2.75) is 13.2 Å². The molecule has 1 N–H and O–H groups in total. The maximum atomic E-state index is 12.9. The Labute approximate surface area is 91.8 Å². The average molecular weight is 223 g/mol. The fourth-order valence-corrected chi connectivity index (χ4v) is 1.65. The second-order valence-electron chi connectivity index (χ2n) is 3.56. The molecule has 0 unspecified atom stereocenters.